The molecule has 0 bridgehead atoms. The Balaban J connectivity index is 1.43. The van der Waals surface area contributed by atoms with Crippen LogP contribution in [0.2, 0.25) is 0 Å². The van der Waals surface area contributed by atoms with Crippen molar-refractivity contribution in [1.82, 2.24) is 5.43 Å². The number of rotatable bonds is 8. The van der Waals surface area contributed by atoms with E-state index in [4.69, 9.17) is 0 Å². The highest BCUT2D eigenvalue weighted by molar-refractivity contribution is 7.98. The topological polar surface area (TPSA) is 78.8 Å². The lowest BCUT2D eigenvalue weighted by Crippen LogP contribution is -2.39. The zero-order valence-electron chi connectivity index (χ0n) is 21.5. The van der Waals surface area contributed by atoms with Gasteiger partial charge in [0.25, 0.3) is 15.9 Å². The molecule has 0 saturated heterocycles. The number of sulfonamides is 1. The highest BCUT2D eigenvalue weighted by atomic mass is 32.2. The van der Waals surface area contributed by atoms with Crippen molar-refractivity contribution in [3.05, 3.63) is 114 Å². The zero-order valence-corrected chi connectivity index (χ0v) is 23.2. The summed E-state index contributed by atoms with van der Waals surface area (Å²) in [6.07, 6.45) is 3.54. The van der Waals surface area contributed by atoms with Crippen LogP contribution in [0.5, 0.6) is 0 Å². The van der Waals surface area contributed by atoms with E-state index < -0.39 is 22.5 Å². The van der Waals surface area contributed by atoms with Crippen molar-refractivity contribution < 1.29 is 13.2 Å². The number of hydrazone groups is 1. The summed E-state index contributed by atoms with van der Waals surface area (Å²) >= 11 is 1.53. The third-order valence-electron chi connectivity index (χ3n) is 6.45. The zero-order chi connectivity index (χ0) is 27.4. The van der Waals surface area contributed by atoms with Crippen LogP contribution in [0.15, 0.2) is 118 Å². The van der Waals surface area contributed by atoms with E-state index in [0.29, 0.717) is 5.69 Å². The molecule has 0 fully saturated rings. The van der Waals surface area contributed by atoms with Crippen molar-refractivity contribution in [2.24, 2.45) is 5.10 Å². The van der Waals surface area contributed by atoms with Gasteiger partial charge in [0.15, 0.2) is 0 Å². The van der Waals surface area contributed by atoms with Crippen LogP contribution in [0.1, 0.15) is 11.1 Å². The van der Waals surface area contributed by atoms with Gasteiger partial charge in [0.1, 0.15) is 6.54 Å². The van der Waals surface area contributed by atoms with E-state index in [1.165, 1.54) is 11.8 Å². The Morgan fingerprint density at radius 2 is 1.46 bits per heavy atom. The van der Waals surface area contributed by atoms with Crippen LogP contribution < -0.4 is 9.73 Å². The summed E-state index contributed by atoms with van der Waals surface area (Å²) in [5.74, 6) is -0.555. The maximum Gasteiger partial charge on any atom is 0.264 e. The average molecular weight is 554 g/mol. The van der Waals surface area contributed by atoms with Crippen molar-refractivity contribution >= 4 is 61.1 Å². The fraction of sp³-hybridized carbons (Fsp3) is 0.0968. The molecule has 6 nitrogen and oxygen atoms in total. The summed E-state index contributed by atoms with van der Waals surface area (Å²) in [6, 6.07) is 31.8. The lowest BCUT2D eigenvalue weighted by atomic mass is 9.97. The number of carbonyl (C=O) groups excluding carboxylic acids is 1. The molecule has 0 atom stereocenters. The van der Waals surface area contributed by atoms with Crippen molar-refractivity contribution in [2.45, 2.75) is 16.7 Å². The molecular formula is C31H27N3O3S2. The highest BCUT2D eigenvalue weighted by Gasteiger charge is 2.27. The van der Waals surface area contributed by atoms with Crippen molar-refractivity contribution in [1.29, 1.82) is 0 Å². The summed E-state index contributed by atoms with van der Waals surface area (Å²) in [7, 11) is -4.01. The summed E-state index contributed by atoms with van der Waals surface area (Å²) in [5, 5.41) is 8.37. The Morgan fingerprint density at radius 3 is 2.05 bits per heavy atom. The van der Waals surface area contributed by atoms with Gasteiger partial charge >= 0.3 is 0 Å². The number of anilines is 1. The lowest BCUT2D eigenvalue weighted by molar-refractivity contribution is -0.119. The fourth-order valence-corrected chi connectivity index (χ4v) is 6.25. The van der Waals surface area contributed by atoms with Gasteiger partial charge in [0, 0.05) is 10.5 Å². The van der Waals surface area contributed by atoms with E-state index in [0.717, 1.165) is 41.9 Å². The smallest absolute Gasteiger partial charge is 0.264 e. The number of nitrogens with one attached hydrogen (secondary N) is 1. The minimum atomic E-state index is -4.01. The molecule has 5 rings (SSSR count). The predicted molar refractivity (Wildman–Crippen MR) is 161 cm³/mol. The predicted octanol–water partition coefficient (Wildman–Crippen LogP) is 6.37. The molecule has 0 spiro atoms. The lowest BCUT2D eigenvalue weighted by Gasteiger charge is -2.24. The van der Waals surface area contributed by atoms with Crippen molar-refractivity contribution in [3.8, 4) is 0 Å². The number of thioether (sulfide) groups is 1. The maximum atomic E-state index is 13.6. The van der Waals surface area contributed by atoms with Gasteiger partial charge in [-0.15, -0.1) is 11.8 Å². The minimum Gasteiger partial charge on any atom is -0.271 e. The van der Waals surface area contributed by atoms with Gasteiger partial charge in [-0.05, 0) is 77.2 Å². The number of hydrogen-bond acceptors (Lipinski definition) is 5. The van der Waals surface area contributed by atoms with Gasteiger partial charge < -0.3 is 0 Å². The molecule has 5 aromatic carbocycles. The van der Waals surface area contributed by atoms with Crippen LogP contribution in [-0.2, 0) is 14.8 Å². The molecule has 0 aliphatic heterocycles. The number of hydrogen-bond donors (Lipinski definition) is 1. The Morgan fingerprint density at radius 1 is 0.872 bits per heavy atom. The first-order valence-corrected chi connectivity index (χ1v) is 15.0. The monoisotopic (exact) mass is 553 g/mol. The summed E-state index contributed by atoms with van der Waals surface area (Å²) in [4.78, 5) is 14.1. The van der Waals surface area contributed by atoms with Gasteiger partial charge in [-0.2, -0.15) is 5.10 Å². The standard InChI is InChI=1S/C31H27N3O3S2/c1-22-11-13-25(14-12-22)34(39(36,37)27-17-15-26(38-2)16-18-27)21-31(35)33-32-20-30-28-9-5-3-7-23(28)19-24-8-4-6-10-29(24)30/h3-20H,21H2,1-2H3,(H,33,35)/b32-20-. The van der Waals surface area contributed by atoms with Crippen LogP contribution in [0.4, 0.5) is 5.69 Å². The van der Waals surface area contributed by atoms with Crippen molar-refractivity contribution in [2.75, 3.05) is 17.1 Å². The molecule has 1 N–H and O–H groups in total. The molecule has 8 heteroatoms. The van der Waals surface area contributed by atoms with Gasteiger partial charge in [-0.1, -0.05) is 66.2 Å². The van der Waals surface area contributed by atoms with Gasteiger partial charge in [-0.25, -0.2) is 13.8 Å². The molecule has 5 aromatic rings. The van der Waals surface area contributed by atoms with Gasteiger partial charge in [-0.3, -0.25) is 9.10 Å². The maximum absolute atomic E-state index is 13.6. The van der Waals surface area contributed by atoms with E-state index in [1.807, 2.05) is 73.8 Å². The molecule has 196 valence electrons. The van der Waals surface area contributed by atoms with Crippen molar-refractivity contribution in [3.63, 3.8) is 0 Å². The Bertz CT molecular complexity index is 1730. The summed E-state index contributed by atoms with van der Waals surface area (Å²) in [6.45, 7) is 1.49. The van der Waals surface area contributed by atoms with E-state index in [9.17, 15) is 13.2 Å². The number of fused-ring (bicyclic) bond motifs is 2. The molecule has 0 radical (unpaired) electrons. The second-order valence-electron chi connectivity index (χ2n) is 9.05. The van der Waals surface area contributed by atoms with Crippen LogP contribution >= 0.6 is 11.8 Å². The largest absolute Gasteiger partial charge is 0.271 e. The molecule has 0 aliphatic carbocycles. The Kier molecular flexibility index (Phi) is 7.67. The molecule has 0 unspecified atom stereocenters. The number of aryl methyl sites for hydroxylation is 1. The van der Waals surface area contributed by atoms with E-state index in [-0.39, 0.29) is 4.90 Å². The third-order valence-corrected chi connectivity index (χ3v) is 8.98. The van der Waals surface area contributed by atoms with Crippen LogP contribution in [0.25, 0.3) is 21.5 Å². The number of nitrogens with zero attached hydrogens (tertiary/aromatic N) is 2. The molecule has 0 heterocycles. The van der Waals surface area contributed by atoms with E-state index >= 15 is 0 Å². The first-order valence-electron chi connectivity index (χ1n) is 12.3. The molecular weight excluding hydrogens is 526 g/mol. The summed E-state index contributed by atoms with van der Waals surface area (Å²) < 4.78 is 28.4. The van der Waals surface area contributed by atoms with Gasteiger partial charge in [0.05, 0.1) is 16.8 Å². The van der Waals surface area contributed by atoms with Crippen LogP contribution in [0, 0.1) is 6.92 Å². The van der Waals surface area contributed by atoms with Gasteiger partial charge in [0.2, 0.25) is 0 Å². The Labute approximate surface area is 232 Å². The summed E-state index contributed by atoms with van der Waals surface area (Å²) in [5.41, 5.74) is 4.79. The first-order chi connectivity index (χ1) is 18.9. The number of carbonyl (C=O) groups is 1. The highest BCUT2D eigenvalue weighted by Crippen LogP contribution is 2.28. The first kappa shape index (κ1) is 26.5. The minimum absolute atomic E-state index is 0.111. The quantitative estimate of drug-likeness (QED) is 0.105. The van der Waals surface area contributed by atoms with E-state index in [1.54, 1.807) is 42.6 Å². The van der Waals surface area contributed by atoms with Crippen LogP contribution in [-0.4, -0.2) is 33.3 Å². The normalized spacial score (nSPS) is 11.7. The van der Waals surface area contributed by atoms with E-state index in [2.05, 4.69) is 16.6 Å². The second-order valence-corrected chi connectivity index (χ2v) is 11.8. The number of benzene rings is 5. The molecule has 1 amide bonds. The fourth-order valence-electron chi connectivity index (χ4n) is 4.42. The second kappa shape index (κ2) is 11.3. The molecule has 0 aromatic heterocycles. The number of amides is 1. The van der Waals surface area contributed by atoms with Crippen LogP contribution in [0.3, 0.4) is 0 Å². The molecule has 0 aliphatic rings. The SMILES string of the molecule is CSc1ccc(S(=O)(=O)N(CC(=O)N/N=C\c2c3ccccc3cc3ccccc23)c2ccc(C)cc2)cc1. The Hall–Kier alpha value is -4.14. The third kappa shape index (κ3) is 5.67. The average Bonchev–Trinajstić information content (AvgIpc) is 2.96. The molecule has 39 heavy (non-hydrogen) atoms. The molecule has 0 saturated carbocycles.